The highest BCUT2D eigenvalue weighted by Gasteiger charge is 2.35. The lowest BCUT2D eigenvalue weighted by atomic mass is 9.80. The number of hydrogen-bond donors (Lipinski definition) is 0. The molecule has 0 aromatic heterocycles. The van der Waals surface area contributed by atoms with Gasteiger partial charge >= 0.3 is 0 Å². The molecule has 0 atom stereocenters. The summed E-state index contributed by atoms with van der Waals surface area (Å²) in [5.74, 6) is 0. The van der Waals surface area contributed by atoms with Crippen LogP contribution < -0.4 is 0 Å². The van der Waals surface area contributed by atoms with Crippen LogP contribution in [0.25, 0.3) is 0 Å². The van der Waals surface area contributed by atoms with E-state index < -0.39 is 0 Å². The summed E-state index contributed by atoms with van der Waals surface area (Å²) in [6, 6.07) is 0.919. The first kappa shape index (κ1) is 15.5. The standard InChI is InChI=1S/C15H30BrN/c1-4-9-15(12-16,10-5-2)13-17(11-6-3)14-7-8-14/h14H,4-13H2,1-3H3. The Morgan fingerprint density at radius 3 is 2.00 bits per heavy atom. The summed E-state index contributed by atoms with van der Waals surface area (Å²) in [4.78, 5) is 2.77. The van der Waals surface area contributed by atoms with Crippen molar-refractivity contribution in [1.29, 1.82) is 0 Å². The molecule has 1 aliphatic carbocycles. The van der Waals surface area contributed by atoms with Crippen molar-refractivity contribution in [2.75, 3.05) is 18.4 Å². The van der Waals surface area contributed by atoms with Crippen LogP contribution in [-0.4, -0.2) is 29.4 Å². The molecule has 0 unspecified atom stereocenters. The SMILES string of the molecule is CCCN(CC(CBr)(CCC)CCC)C1CC1. The molecule has 0 bridgehead atoms. The largest absolute Gasteiger partial charge is 0.300 e. The van der Waals surface area contributed by atoms with E-state index in [1.165, 1.54) is 63.4 Å². The van der Waals surface area contributed by atoms with Crippen LogP contribution in [0.5, 0.6) is 0 Å². The fourth-order valence-electron chi connectivity index (χ4n) is 3.07. The Hall–Kier alpha value is 0.440. The van der Waals surface area contributed by atoms with Crippen molar-refractivity contribution < 1.29 is 0 Å². The first-order valence-electron chi connectivity index (χ1n) is 7.51. The third-order valence-corrected chi connectivity index (χ3v) is 5.15. The van der Waals surface area contributed by atoms with Gasteiger partial charge in [0, 0.05) is 17.9 Å². The smallest absolute Gasteiger partial charge is 0.0100 e. The molecule has 1 saturated carbocycles. The van der Waals surface area contributed by atoms with Crippen LogP contribution in [-0.2, 0) is 0 Å². The summed E-state index contributed by atoms with van der Waals surface area (Å²) < 4.78 is 0. The monoisotopic (exact) mass is 303 g/mol. The van der Waals surface area contributed by atoms with E-state index in [2.05, 4.69) is 41.6 Å². The Morgan fingerprint density at radius 2 is 1.65 bits per heavy atom. The number of hydrogen-bond acceptors (Lipinski definition) is 1. The fraction of sp³-hybridized carbons (Fsp3) is 1.00. The van der Waals surface area contributed by atoms with Crippen molar-refractivity contribution in [1.82, 2.24) is 4.90 Å². The van der Waals surface area contributed by atoms with E-state index in [-0.39, 0.29) is 0 Å². The molecule has 17 heavy (non-hydrogen) atoms. The maximum absolute atomic E-state index is 3.80. The maximum atomic E-state index is 3.80. The highest BCUT2D eigenvalue weighted by molar-refractivity contribution is 9.09. The second-order valence-corrected chi connectivity index (χ2v) is 6.40. The highest BCUT2D eigenvalue weighted by Crippen LogP contribution is 2.37. The number of halogens is 1. The van der Waals surface area contributed by atoms with E-state index in [4.69, 9.17) is 0 Å². The normalized spacial score (nSPS) is 16.8. The minimum atomic E-state index is 0.529. The molecule has 1 fully saturated rings. The van der Waals surface area contributed by atoms with Crippen molar-refractivity contribution in [3.8, 4) is 0 Å². The summed E-state index contributed by atoms with van der Waals surface area (Å²) in [6.45, 7) is 9.58. The summed E-state index contributed by atoms with van der Waals surface area (Å²) in [7, 11) is 0. The van der Waals surface area contributed by atoms with Crippen LogP contribution in [0, 0.1) is 5.41 Å². The Labute approximate surface area is 116 Å². The Morgan fingerprint density at radius 1 is 1.06 bits per heavy atom. The molecule has 2 heteroatoms. The van der Waals surface area contributed by atoms with Crippen LogP contribution in [0.15, 0.2) is 0 Å². The van der Waals surface area contributed by atoms with E-state index in [0.29, 0.717) is 5.41 Å². The lowest BCUT2D eigenvalue weighted by Crippen LogP contribution is -2.40. The van der Waals surface area contributed by atoms with Crippen molar-refractivity contribution >= 4 is 15.9 Å². The molecule has 0 amide bonds. The van der Waals surface area contributed by atoms with Crippen molar-refractivity contribution in [3.05, 3.63) is 0 Å². The van der Waals surface area contributed by atoms with Gasteiger partial charge in [-0.2, -0.15) is 0 Å². The number of rotatable bonds is 10. The third kappa shape index (κ3) is 4.90. The van der Waals surface area contributed by atoms with Gasteiger partial charge in [-0.25, -0.2) is 0 Å². The molecule has 102 valence electrons. The topological polar surface area (TPSA) is 3.24 Å². The van der Waals surface area contributed by atoms with Gasteiger partial charge in [-0.15, -0.1) is 0 Å². The number of alkyl halides is 1. The van der Waals surface area contributed by atoms with Crippen LogP contribution in [0.1, 0.15) is 65.7 Å². The maximum Gasteiger partial charge on any atom is 0.0100 e. The zero-order chi connectivity index (χ0) is 12.7. The van der Waals surface area contributed by atoms with Gasteiger partial charge in [-0.3, -0.25) is 4.90 Å². The second-order valence-electron chi connectivity index (χ2n) is 5.84. The average Bonchev–Trinajstić information content (AvgIpc) is 3.13. The van der Waals surface area contributed by atoms with Crippen LogP contribution >= 0.6 is 15.9 Å². The van der Waals surface area contributed by atoms with Gasteiger partial charge in [-0.1, -0.05) is 49.5 Å². The Kier molecular flexibility index (Phi) is 7.10. The first-order chi connectivity index (χ1) is 8.21. The van der Waals surface area contributed by atoms with Gasteiger partial charge in [0.2, 0.25) is 0 Å². The summed E-state index contributed by atoms with van der Waals surface area (Å²) in [5, 5.41) is 1.18. The molecule has 0 N–H and O–H groups in total. The van der Waals surface area contributed by atoms with Gasteiger partial charge in [-0.05, 0) is 44.1 Å². The van der Waals surface area contributed by atoms with Gasteiger partial charge in [0.25, 0.3) is 0 Å². The Balaban J connectivity index is 2.60. The van der Waals surface area contributed by atoms with Gasteiger partial charge in [0.1, 0.15) is 0 Å². The van der Waals surface area contributed by atoms with Crippen LogP contribution in [0.4, 0.5) is 0 Å². The molecule has 0 spiro atoms. The quantitative estimate of drug-likeness (QED) is 0.522. The molecule has 0 aromatic rings. The molecule has 0 aliphatic heterocycles. The first-order valence-corrected chi connectivity index (χ1v) is 8.63. The van der Waals surface area contributed by atoms with Gasteiger partial charge < -0.3 is 0 Å². The molecular formula is C15H30BrN. The van der Waals surface area contributed by atoms with Crippen molar-refractivity contribution in [2.45, 2.75) is 71.8 Å². The molecular weight excluding hydrogens is 274 g/mol. The van der Waals surface area contributed by atoms with Crippen LogP contribution in [0.2, 0.25) is 0 Å². The second kappa shape index (κ2) is 7.78. The average molecular weight is 304 g/mol. The minimum Gasteiger partial charge on any atom is -0.300 e. The molecule has 0 saturated heterocycles. The molecule has 0 aromatic carbocycles. The number of nitrogens with zero attached hydrogens (tertiary/aromatic N) is 1. The molecule has 1 nitrogen and oxygen atoms in total. The van der Waals surface area contributed by atoms with E-state index in [1.807, 2.05) is 0 Å². The molecule has 1 rings (SSSR count). The molecule has 1 aliphatic rings. The molecule has 0 heterocycles. The molecule has 0 radical (unpaired) electrons. The lowest BCUT2D eigenvalue weighted by Gasteiger charge is -2.37. The predicted octanol–water partition coefficient (Wildman–Crippen LogP) is 4.84. The minimum absolute atomic E-state index is 0.529. The van der Waals surface area contributed by atoms with E-state index in [9.17, 15) is 0 Å². The summed E-state index contributed by atoms with van der Waals surface area (Å²) >= 11 is 3.80. The van der Waals surface area contributed by atoms with E-state index in [1.54, 1.807) is 0 Å². The van der Waals surface area contributed by atoms with E-state index in [0.717, 1.165) is 6.04 Å². The van der Waals surface area contributed by atoms with E-state index >= 15 is 0 Å². The fourth-order valence-corrected chi connectivity index (χ4v) is 3.81. The predicted molar refractivity (Wildman–Crippen MR) is 80.9 cm³/mol. The van der Waals surface area contributed by atoms with Gasteiger partial charge in [0.15, 0.2) is 0 Å². The van der Waals surface area contributed by atoms with Crippen molar-refractivity contribution in [3.63, 3.8) is 0 Å². The van der Waals surface area contributed by atoms with Gasteiger partial charge in [0.05, 0.1) is 0 Å². The Bertz CT molecular complexity index is 195. The summed E-state index contributed by atoms with van der Waals surface area (Å²) in [6.07, 6.45) is 9.56. The zero-order valence-electron chi connectivity index (χ0n) is 12.0. The van der Waals surface area contributed by atoms with Crippen LogP contribution in [0.3, 0.4) is 0 Å². The van der Waals surface area contributed by atoms with Crippen molar-refractivity contribution in [2.24, 2.45) is 5.41 Å². The highest BCUT2D eigenvalue weighted by atomic mass is 79.9. The third-order valence-electron chi connectivity index (χ3n) is 3.96. The zero-order valence-corrected chi connectivity index (χ0v) is 13.6. The summed E-state index contributed by atoms with van der Waals surface area (Å²) in [5.41, 5.74) is 0.529. The lowest BCUT2D eigenvalue weighted by molar-refractivity contribution is 0.140.